The number of carbonyl (C=O) groups excluding carboxylic acids is 3. The summed E-state index contributed by atoms with van der Waals surface area (Å²) in [5.41, 5.74) is 2.52. The molecule has 3 aromatic carbocycles. The summed E-state index contributed by atoms with van der Waals surface area (Å²) in [5, 5.41) is 0.490. The van der Waals surface area contributed by atoms with Crippen molar-refractivity contribution in [3.8, 4) is 5.75 Å². The first kappa shape index (κ1) is 23.5. The number of nitrogens with zero attached hydrogens (tertiary/aromatic N) is 2. The summed E-state index contributed by atoms with van der Waals surface area (Å²) >= 11 is 6.37. The Morgan fingerprint density at radius 2 is 1.79 bits per heavy atom. The first-order chi connectivity index (χ1) is 16.4. The lowest BCUT2D eigenvalue weighted by atomic mass is 10.1. The topological polar surface area (TPSA) is 66.9 Å². The molecule has 0 aromatic heterocycles. The van der Waals surface area contributed by atoms with E-state index in [0.717, 1.165) is 10.5 Å². The summed E-state index contributed by atoms with van der Waals surface area (Å²) in [6.07, 6.45) is -0.103. The minimum Gasteiger partial charge on any atom is -0.494 e. The molecule has 7 heteroatoms. The Bertz CT molecular complexity index is 1230. The molecule has 0 radical (unpaired) electrons. The van der Waals surface area contributed by atoms with E-state index < -0.39 is 11.9 Å². The van der Waals surface area contributed by atoms with Crippen molar-refractivity contribution in [2.45, 2.75) is 32.9 Å². The maximum atomic E-state index is 13.6. The van der Waals surface area contributed by atoms with Gasteiger partial charge in [0.25, 0.3) is 11.8 Å². The minimum atomic E-state index is -0.941. The summed E-state index contributed by atoms with van der Waals surface area (Å²) in [7, 11) is 0. The summed E-state index contributed by atoms with van der Waals surface area (Å²) in [4.78, 5) is 42.6. The Morgan fingerprint density at radius 1 is 1.06 bits per heavy atom. The highest BCUT2D eigenvalue weighted by molar-refractivity contribution is 6.31. The zero-order valence-electron chi connectivity index (χ0n) is 19.0. The van der Waals surface area contributed by atoms with Crippen molar-refractivity contribution >= 4 is 35.0 Å². The number of anilines is 1. The van der Waals surface area contributed by atoms with E-state index in [2.05, 4.69) is 0 Å². The van der Waals surface area contributed by atoms with E-state index in [9.17, 15) is 14.4 Å². The third-order valence-corrected chi connectivity index (χ3v) is 6.10. The van der Waals surface area contributed by atoms with Gasteiger partial charge >= 0.3 is 0 Å². The zero-order chi connectivity index (χ0) is 24.2. The van der Waals surface area contributed by atoms with Gasteiger partial charge in [-0.1, -0.05) is 47.5 Å². The molecule has 4 rings (SSSR count). The number of carbonyl (C=O) groups is 3. The molecule has 34 heavy (non-hydrogen) atoms. The van der Waals surface area contributed by atoms with Crippen LogP contribution in [-0.2, 0) is 16.1 Å². The van der Waals surface area contributed by atoms with E-state index in [1.54, 1.807) is 54.6 Å². The van der Waals surface area contributed by atoms with Crippen LogP contribution in [0.5, 0.6) is 5.75 Å². The Kier molecular flexibility index (Phi) is 6.98. The molecule has 0 bridgehead atoms. The van der Waals surface area contributed by atoms with Crippen molar-refractivity contribution in [1.29, 1.82) is 0 Å². The normalized spacial score (nSPS) is 15.5. The number of aryl methyl sites for hydroxylation is 1. The summed E-state index contributed by atoms with van der Waals surface area (Å²) in [6, 6.07) is 20.2. The molecule has 1 aliphatic heterocycles. The molecule has 0 spiro atoms. The second kappa shape index (κ2) is 10.1. The lowest BCUT2D eigenvalue weighted by Gasteiger charge is -2.28. The van der Waals surface area contributed by atoms with Crippen molar-refractivity contribution in [3.05, 3.63) is 94.5 Å². The minimum absolute atomic E-state index is 0.103. The summed E-state index contributed by atoms with van der Waals surface area (Å²) in [5.74, 6) is -0.484. The number of hydrogen-bond donors (Lipinski definition) is 0. The van der Waals surface area contributed by atoms with Gasteiger partial charge in [0.1, 0.15) is 11.8 Å². The highest BCUT2D eigenvalue weighted by Crippen LogP contribution is 2.30. The van der Waals surface area contributed by atoms with Crippen LogP contribution in [0, 0.1) is 6.92 Å². The van der Waals surface area contributed by atoms with Gasteiger partial charge in [-0.15, -0.1) is 0 Å². The average Bonchev–Trinajstić information content (AvgIpc) is 3.12. The predicted octanol–water partition coefficient (Wildman–Crippen LogP) is 5.02. The van der Waals surface area contributed by atoms with Gasteiger partial charge in [-0.3, -0.25) is 14.4 Å². The van der Waals surface area contributed by atoms with Gasteiger partial charge in [-0.05, 0) is 61.9 Å². The van der Waals surface area contributed by atoms with Gasteiger partial charge in [0.2, 0.25) is 5.91 Å². The van der Waals surface area contributed by atoms with Crippen LogP contribution >= 0.6 is 11.6 Å². The Balaban J connectivity index is 1.68. The zero-order valence-corrected chi connectivity index (χ0v) is 19.8. The molecule has 3 amide bonds. The van der Waals surface area contributed by atoms with E-state index in [-0.39, 0.29) is 24.8 Å². The number of amides is 3. The van der Waals surface area contributed by atoms with Crippen molar-refractivity contribution in [2.24, 2.45) is 0 Å². The highest BCUT2D eigenvalue weighted by Gasteiger charge is 2.44. The lowest BCUT2D eigenvalue weighted by Crippen LogP contribution is -2.45. The first-order valence-corrected chi connectivity index (χ1v) is 11.5. The fraction of sp³-hybridized carbons (Fsp3) is 0.222. The van der Waals surface area contributed by atoms with Crippen molar-refractivity contribution in [1.82, 2.24) is 4.90 Å². The van der Waals surface area contributed by atoms with E-state index in [1.807, 2.05) is 32.0 Å². The maximum Gasteiger partial charge on any atom is 0.257 e. The molecule has 0 aliphatic carbocycles. The smallest absolute Gasteiger partial charge is 0.257 e. The third kappa shape index (κ3) is 4.82. The standard InChI is InChI=1S/C27H25ClN2O4/c1-3-34-22-13-11-21(12-14-22)30-25(31)16-24(27(30)33)29(17-20-8-4-5-10-23(20)28)26(32)19-9-6-7-18(2)15-19/h4-15,24H,3,16-17H2,1-2H3. The Morgan fingerprint density at radius 3 is 2.47 bits per heavy atom. The number of imide groups is 1. The van der Waals surface area contributed by atoms with Gasteiger partial charge in [0, 0.05) is 17.1 Å². The molecule has 1 heterocycles. The molecule has 174 valence electrons. The summed E-state index contributed by atoms with van der Waals surface area (Å²) in [6.45, 7) is 4.40. The van der Waals surface area contributed by atoms with Crippen LogP contribution in [-0.4, -0.2) is 35.3 Å². The van der Waals surface area contributed by atoms with Crippen LogP contribution in [0.15, 0.2) is 72.8 Å². The van der Waals surface area contributed by atoms with Crippen LogP contribution in [0.2, 0.25) is 5.02 Å². The van der Waals surface area contributed by atoms with E-state index >= 15 is 0 Å². The van der Waals surface area contributed by atoms with Crippen LogP contribution in [0.4, 0.5) is 5.69 Å². The van der Waals surface area contributed by atoms with Gasteiger partial charge in [0.15, 0.2) is 0 Å². The van der Waals surface area contributed by atoms with E-state index in [1.165, 1.54) is 4.90 Å². The Hall–Kier alpha value is -3.64. The SMILES string of the molecule is CCOc1ccc(N2C(=O)CC(N(Cc3ccccc3Cl)C(=O)c3cccc(C)c3)C2=O)cc1. The van der Waals surface area contributed by atoms with E-state index in [4.69, 9.17) is 16.3 Å². The second-order valence-corrected chi connectivity index (χ2v) is 8.52. The molecule has 1 atom stereocenters. The van der Waals surface area contributed by atoms with Gasteiger partial charge in [-0.2, -0.15) is 0 Å². The molecule has 0 N–H and O–H groups in total. The molecule has 0 saturated carbocycles. The summed E-state index contributed by atoms with van der Waals surface area (Å²) < 4.78 is 5.45. The van der Waals surface area contributed by atoms with Crippen LogP contribution < -0.4 is 9.64 Å². The maximum absolute atomic E-state index is 13.6. The van der Waals surface area contributed by atoms with E-state index in [0.29, 0.717) is 34.2 Å². The number of halogens is 1. The Labute approximate surface area is 203 Å². The quantitative estimate of drug-likeness (QED) is 0.449. The molecule has 1 aliphatic rings. The van der Waals surface area contributed by atoms with Crippen molar-refractivity contribution < 1.29 is 19.1 Å². The van der Waals surface area contributed by atoms with Crippen LogP contribution in [0.3, 0.4) is 0 Å². The first-order valence-electron chi connectivity index (χ1n) is 11.1. The molecular formula is C27H25ClN2O4. The molecular weight excluding hydrogens is 452 g/mol. The molecule has 1 fully saturated rings. The molecule has 1 saturated heterocycles. The largest absolute Gasteiger partial charge is 0.494 e. The number of hydrogen-bond acceptors (Lipinski definition) is 4. The highest BCUT2D eigenvalue weighted by atomic mass is 35.5. The average molecular weight is 477 g/mol. The van der Waals surface area contributed by atoms with Crippen molar-refractivity contribution in [3.63, 3.8) is 0 Å². The third-order valence-electron chi connectivity index (χ3n) is 5.73. The molecule has 3 aromatic rings. The van der Waals surface area contributed by atoms with Gasteiger partial charge < -0.3 is 9.64 Å². The fourth-order valence-electron chi connectivity index (χ4n) is 4.07. The monoisotopic (exact) mass is 476 g/mol. The van der Waals surface area contributed by atoms with Crippen molar-refractivity contribution in [2.75, 3.05) is 11.5 Å². The van der Waals surface area contributed by atoms with Gasteiger partial charge in [-0.25, -0.2) is 4.90 Å². The number of ether oxygens (including phenoxy) is 1. The lowest BCUT2D eigenvalue weighted by molar-refractivity contribution is -0.122. The number of rotatable bonds is 7. The fourth-order valence-corrected chi connectivity index (χ4v) is 4.26. The van der Waals surface area contributed by atoms with Gasteiger partial charge in [0.05, 0.1) is 18.7 Å². The van der Waals surface area contributed by atoms with Crippen LogP contribution in [0.25, 0.3) is 0 Å². The molecule has 1 unspecified atom stereocenters. The number of benzene rings is 3. The molecule has 6 nitrogen and oxygen atoms in total. The predicted molar refractivity (Wildman–Crippen MR) is 131 cm³/mol. The van der Waals surface area contributed by atoms with Crippen LogP contribution in [0.1, 0.15) is 34.8 Å². The second-order valence-electron chi connectivity index (χ2n) is 8.11.